The highest BCUT2D eigenvalue weighted by atomic mass is 16.1. The van der Waals surface area contributed by atoms with Crippen molar-refractivity contribution in [3.8, 4) is 11.3 Å². The van der Waals surface area contributed by atoms with Gasteiger partial charge < -0.3 is 10.5 Å². The Hall–Kier alpha value is -2.76. The number of aromatic nitrogens is 4. The number of nitrogen functional groups attached to an aromatic ring is 1. The van der Waals surface area contributed by atoms with Crippen molar-refractivity contribution in [3.05, 3.63) is 36.2 Å². The van der Waals surface area contributed by atoms with Crippen LogP contribution in [0.1, 0.15) is 39.2 Å². The highest BCUT2D eigenvalue weighted by molar-refractivity contribution is 5.98. The minimum absolute atomic E-state index is 0.164. The zero-order valence-corrected chi connectivity index (χ0v) is 15.1. The van der Waals surface area contributed by atoms with Crippen LogP contribution in [0, 0.1) is 6.92 Å². The van der Waals surface area contributed by atoms with Gasteiger partial charge in [-0.2, -0.15) is 5.10 Å². The van der Waals surface area contributed by atoms with Crippen LogP contribution in [0.3, 0.4) is 0 Å². The van der Waals surface area contributed by atoms with E-state index in [1.165, 1.54) is 11.9 Å². The summed E-state index contributed by atoms with van der Waals surface area (Å²) in [6.07, 6.45) is 2.63. The Balaban J connectivity index is 2.19. The number of Topliss-reactive ketones (excluding diaryl/α,β-unsaturated/α-hetero) is 1. The second-order valence-electron chi connectivity index (χ2n) is 7.10. The van der Waals surface area contributed by atoms with Crippen molar-refractivity contribution in [2.24, 2.45) is 0 Å². The van der Waals surface area contributed by atoms with Crippen molar-refractivity contribution in [3.63, 3.8) is 0 Å². The van der Waals surface area contributed by atoms with Crippen LogP contribution in [-0.4, -0.2) is 25.5 Å². The molecule has 0 aliphatic heterocycles. The SMILES string of the molecule is CC(=O)CCC(C)(C)n1nc(-c2ccc(C)cc2)c2c(N)ncnc21. The summed E-state index contributed by atoms with van der Waals surface area (Å²) in [5.41, 5.74) is 9.39. The number of ketones is 1. The van der Waals surface area contributed by atoms with Crippen molar-refractivity contribution in [2.75, 3.05) is 5.73 Å². The monoisotopic (exact) mass is 337 g/mol. The zero-order valence-electron chi connectivity index (χ0n) is 15.1. The van der Waals surface area contributed by atoms with E-state index in [0.29, 0.717) is 24.3 Å². The third-order valence-electron chi connectivity index (χ3n) is 4.48. The molecular formula is C19H23N5O. The van der Waals surface area contributed by atoms with E-state index in [4.69, 9.17) is 10.8 Å². The lowest BCUT2D eigenvalue weighted by Gasteiger charge is -2.25. The lowest BCUT2D eigenvalue weighted by Crippen LogP contribution is -2.28. The van der Waals surface area contributed by atoms with Crippen LogP contribution in [0.25, 0.3) is 22.3 Å². The first-order valence-corrected chi connectivity index (χ1v) is 8.36. The third-order valence-corrected chi connectivity index (χ3v) is 4.48. The fourth-order valence-corrected chi connectivity index (χ4v) is 2.90. The number of aryl methyl sites for hydroxylation is 1. The molecule has 25 heavy (non-hydrogen) atoms. The summed E-state index contributed by atoms with van der Waals surface area (Å²) >= 11 is 0. The van der Waals surface area contributed by atoms with Gasteiger partial charge in [0.1, 0.15) is 23.6 Å². The standard InChI is InChI=1S/C19H23N5O/c1-12-5-7-14(8-6-12)16-15-17(20)21-11-22-18(15)24(23-16)19(3,4)10-9-13(2)25/h5-8,11H,9-10H2,1-4H3,(H2,20,21,22). The maximum Gasteiger partial charge on any atom is 0.164 e. The van der Waals surface area contributed by atoms with E-state index in [9.17, 15) is 4.79 Å². The van der Waals surface area contributed by atoms with E-state index in [1.54, 1.807) is 6.92 Å². The molecule has 6 nitrogen and oxygen atoms in total. The van der Waals surface area contributed by atoms with Crippen LogP contribution in [0.4, 0.5) is 5.82 Å². The molecule has 6 heteroatoms. The molecule has 0 aliphatic rings. The van der Waals surface area contributed by atoms with Crippen molar-refractivity contribution < 1.29 is 4.79 Å². The zero-order chi connectivity index (χ0) is 18.2. The lowest BCUT2D eigenvalue weighted by molar-refractivity contribution is -0.117. The summed E-state index contributed by atoms with van der Waals surface area (Å²) in [7, 11) is 0. The number of fused-ring (bicyclic) bond motifs is 1. The number of nitrogens with two attached hydrogens (primary N) is 1. The minimum Gasteiger partial charge on any atom is -0.383 e. The number of hydrogen-bond donors (Lipinski definition) is 1. The van der Waals surface area contributed by atoms with Crippen LogP contribution < -0.4 is 5.73 Å². The van der Waals surface area contributed by atoms with E-state index in [1.807, 2.05) is 35.9 Å². The Kier molecular flexibility index (Phi) is 4.29. The van der Waals surface area contributed by atoms with Crippen LogP contribution in [-0.2, 0) is 10.3 Å². The van der Waals surface area contributed by atoms with Gasteiger partial charge in [0.25, 0.3) is 0 Å². The molecule has 0 saturated carbocycles. The molecule has 0 aliphatic carbocycles. The molecule has 2 aromatic heterocycles. The maximum absolute atomic E-state index is 11.4. The summed E-state index contributed by atoms with van der Waals surface area (Å²) in [4.78, 5) is 20.0. The molecule has 2 N–H and O–H groups in total. The Labute approximate surface area is 147 Å². The molecule has 2 heterocycles. The first kappa shape index (κ1) is 17.1. The first-order chi connectivity index (χ1) is 11.8. The van der Waals surface area contributed by atoms with E-state index in [-0.39, 0.29) is 11.3 Å². The molecular weight excluding hydrogens is 314 g/mol. The molecule has 0 saturated heterocycles. The highest BCUT2D eigenvalue weighted by Gasteiger charge is 2.27. The van der Waals surface area contributed by atoms with Gasteiger partial charge in [-0.15, -0.1) is 0 Å². The smallest absolute Gasteiger partial charge is 0.164 e. The largest absolute Gasteiger partial charge is 0.383 e. The number of benzene rings is 1. The molecule has 0 unspecified atom stereocenters. The third kappa shape index (κ3) is 3.24. The Morgan fingerprint density at radius 2 is 1.88 bits per heavy atom. The van der Waals surface area contributed by atoms with Gasteiger partial charge in [0.2, 0.25) is 0 Å². The molecule has 0 spiro atoms. The number of nitrogens with zero attached hydrogens (tertiary/aromatic N) is 4. The van der Waals surface area contributed by atoms with Crippen molar-refractivity contribution in [1.29, 1.82) is 0 Å². The molecule has 0 radical (unpaired) electrons. The summed E-state index contributed by atoms with van der Waals surface area (Å²) in [5, 5.41) is 5.57. The predicted octanol–water partition coefficient (Wildman–Crippen LogP) is 3.49. The second-order valence-corrected chi connectivity index (χ2v) is 7.10. The van der Waals surface area contributed by atoms with Crippen molar-refractivity contribution in [1.82, 2.24) is 19.7 Å². The Morgan fingerprint density at radius 1 is 1.20 bits per heavy atom. The minimum atomic E-state index is -0.367. The van der Waals surface area contributed by atoms with Gasteiger partial charge in [-0.1, -0.05) is 29.8 Å². The van der Waals surface area contributed by atoms with Gasteiger partial charge in [0.15, 0.2) is 5.65 Å². The van der Waals surface area contributed by atoms with Crippen LogP contribution in [0.2, 0.25) is 0 Å². The van der Waals surface area contributed by atoms with Crippen molar-refractivity contribution in [2.45, 2.75) is 46.1 Å². The van der Waals surface area contributed by atoms with E-state index < -0.39 is 0 Å². The summed E-state index contributed by atoms with van der Waals surface area (Å²) < 4.78 is 1.87. The summed E-state index contributed by atoms with van der Waals surface area (Å²) in [5.74, 6) is 0.576. The number of carbonyl (C=O) groups is 1. The quantitative estimate of drug-likeness (QED) is 0.770. The average Bonchev–Trinajstić information content (AvgIpc) is 2.96. The molecule has 1 aromatic carbocycles. The van der Waals surface area contributed by atoms with Crippen LogP contribution >= 0.6 is 0 Å². The summed E-state index contributed by atoms with van der Waals surface area (Å²) in [6.45, 7) is 7.76. The number of hydrogen-bond acceptors (Lipinski definition) is 5. The van der Waals surface area contributed by atoms with Gasteiger partial charge in [-0.05, 0) is 34.1 Å². The van der Waals surface area contributed by atoms with E-state index in [0.717, 1.165) is 16.6 Å². The predicted molar refractivity (Wildman–Crippen MR) is 99.1 cm³/mol. The second kappa shape index (κ2) is 6.27. The molecule has 0 bridgehead atoms. The normalized spacial score (nSPS) is 11.8. The first-order valence-electron chi connectivity index (χ1n) is 8.36. The molecule has 3 rings (SSSR count). The number of carbonyl (C=O) groups excluding carboxylic acids is 1. The van der Waals surface area contributed by atoms with Crippen LogP contribution in [0.5, 0.6) is 0 Å². The van der Waals surface area contributed by atoms with E-state index in [2.05, 4.69) is 23.8 Å². The molecule has 130 valence electrons. The Morgan fingerprint density at radius 3 is 2.52 bits per heavy atom. The molecule has 0 fully saturated rings. The fraction of sp³-hybridized carbons (Fsp3) is 0.368. The maximum atomic E-state index is 11.4. The number of anilines is 1. The topological polar surface area (TPSA) is 86.7 Å². The summed E-state index contributed by atoms with van der Waals surface area (Å²) in [6, 6.07) is 8.13. The fourth-order valence-electron chi connectivity index (χ4n) is 2.90. The average molecular weight is 337 g/mol. The molecule has 0 atom stereocenters. The van der Waals surface area contributed by atoms with Gasteiger partial charge >= 0.3 is 0 Å². The van der Waals surface area contributed by atoms with Gasteiger partial charge in [-0.25, -0.2) is 14.6 Å². The molecule has 3 aromatic rings. The lowest BCUT2D eigenvalue weighted by atomic mass is 9.97. The van der Waals surface area contributed by atoms with E-state index >= 15 is 0 Å². The molecule has 0 amide bonds. The van der Waals surface area contributed by atoms with Crippen LogP contribution in [0.15, 0.2) is 30.6 Å². The van der Waals surface area contributed by atoms with Gasteiger partial charge in [-0.3, -0.25) is 0 Å². The number of rotatable bonds is 5. The van der Waals surface area contributed by atoms with Crippen molar-refractivity contribution >= 4 is 22.6 Å². The van der Waals surface area contributed by atoms with Gasteiger partial charge in [0, 0.05) is 12.0 Å². The Bertz CT molecular complexity index is 925. The van der Waals surface area contributed by atoms with Gasteiger partial charge in [0.05, 0.1) is 10.9 Å². The highest BCUT2D eigenvalue weighted by Crippen LogP contribution is 2.34.